The summed E-state index contributed by atoms with van der Waals surface area (Å²) in [6, 6.07) is 5.65. The Morgan fingerprint density at radius 1 is 1.30 bits per heavy atom. The number of rotatable bonds is 4. The minimum Gasteiger partial charge on any atom is -0.327 e. The lowest BCUT2D eigenvalue weighted by Gasteiger charge is -2.15. The predicted octanol–water partition coefficient (Wildman–Crippen LogP) is 3.34. The standard InChI is InChI=1S/C15H21N3OS/c1-8(2)15-18-12-6-5-11(7-13(12)20-15)17-14(19)9(3)10(4)16/h5-10H,16H2,1-4H3,(H,17,19). The first kappa shape index (κ1) is 14.9. The maximum absolute atomic E-state index is 12.0. The number of carbonyl (C=O) groups is 1. The maximum atomic E-state index is 12.0. The monoisotopic (exact) mass is 291 g/mol. The lowest BCUT2D eigenvalue weighted by atomic mass is 10.0. The highest BCUT2D eigenvalue weighted by atomic mass is 32.1. The molecule has 4 nitrogen and oxygen atoms in total. The van der Waals surface area contributed by atoms with Gasteiger partial charge in [0, 0.05) is 17.6 Å². The van der Waals surface area contributed by atoms with E-state index in [0.717, 1.165) is 20.9 Å². The third-order valence-corrected chi connectivity index (χ3v) is 4.69. The van der Waals surface area contributed by atoms with Gasteiger partial charge in [-0.25, -0.2) is 4.98 Å². The molecule has 1 amide bonds. The van der Waals surface area contributed by atoms with Crippen LogP contribution in [0.15, 0.2) is 18.2 Å². The van der Waals surface area contributed by atoms with Crippen molar-refractivity contribution in [3.05, 3.63) is 23.2 Å². The number of nitrogens with zero attached hydrogens (tertiary/aromatic N) is 1. The molecule has 108 valence electrons. The smallest absolute Gasteiger partial charge is 0.228 e. The Bertz CT molecular complexity index is 619. The van der Waals surface area contributed by atoms with Crippen molar-refractivity contribution >= 4 is 33.1 Å². The van der Waals surface area contributed by atoms with Gasteiger partial charge in [-0.3, -0.25) is 4.79 Å². The van der Waals surface area contributed by atoms with Crippen LogP contribution in [0.1, 0.15) is 38.6 Å². The van der Waals surface area contributed by atoms with Crippen molar-refractivity contribution in [3.63, 3.8) is 0 Å². The molecule has 0 bridgehead atoms. The summed E-state index contributed by atoms with van der Waals surface area (Å²) in [4.78, 5) is 16.6. The van der Waals surface area contributed by atoms with E-state index in [1.165, 1.54) is 0 Å². The largest absolute Gasteiger partial charge is 0.327 e. The van der Waals surface area contributed by atoms with Crippen LogP contribution in [0, 0.1) is 5.92 Å². The highest BCUT2D eigenvalue weighted by molar-refractivity contribution is 7.18. The van der Waals surface area contributed by atoms with Crippen molar-refractivity contribution in [2.45, 2.75) is 39.7 Å². The average molecular weight is 291 g/mol. The van der Waals surface area contributed by atoms with Crippen molar-refractivity contribution < 1.29 is 4.79 Å². The predicted molar refractivity (Wildman–Crippen MR) is 85.2 cm³/mol. The minimum atomic E-state index is -0.210. The highest BCUT2D eigenvalue weighted by Gasteiger charge is 2.17. The molecule has 1 aromatic heterocycles. The van der Waals surface area contributed by atoms with Gasteiger partial charge in [-0.2, -0.15) is 0 Å². The second kappa shape index (κ2) is 5.89. The topological polar surface area (TPSA) is 68.0 Å². The van der Waals surface area contributed by atoms with Gasteiger partial charge in [0.2, 0.25) is 5.91 Å². The molecule has 0 spiro atoms. The summed E-state index contributed by atoms with van der Waals surface area (Å²) in [5.74, 6) is 0.162. The number of thiazole rings is 1. The van der Waals surface area contributed by atoms with Crippen LogP contribution in [0.25, 0.3) is 10.2 Å². The Balaban J connectivity index is 2.21. The van der Waals surface area contributed by atoms with Crippen molar-refractivity contribution in [2.24, 2.45) is 11.7 Å². The molecule has 1 aromatic carbocycles. The van der Waals surface area contributed by atoms with Crippen LogP contribution >= 0.6 is 11.3 Å². The van der Waals surface area contributed by atoms with Crippen LogP contribution in [0.3, 0.4) is 0 Å². The van der Waals surface area contributed by atoms with Gasteiger partial charge in [0.1, 0.15) is 0 Å². The Labute approximate surface area is 123 Å². The number of fused-ring (bicyclic) bond motifs is 1. The maximum Gasteiger partial charge on any atom is 0.228 e. The fourth-order valence-electron chi connectivity index (χ4n) is 1.76. The number of carbonyl (C=O) groups excluding carboxylic acids is 1. The molecule has 0 fully saturated rings. The van der Waals surface area contributed by atoms with Crippen LogP contribution in [-0.2, 0) is 4.79 Å². The Kier molecular flexibility index (Phi) is 4.40. The van der Waals surface area contributed by atoms with E-state index in [2.05, 4.69) is 24.1 Å². The molecule has 0 saturated heterocycles. The molecular formula is C15H21N3OS. The quantitative estimate of drug-likeness (QED) is 0.907. The SMILES string of the molecule is CC(C)c1nc2ccc(NC(=O)C(C)C(C)N)cc2s1. The molecule has 2 rings (SSSR count). The van der Waals surface area contributed by atoms with E-state index in [1.807, 2.05) is 32.0 Å². The molecule has 0 aliphatic heterocycles. The first-order chi connectivity index (χ1) is 9.38. The Hall–Kier alpha value is -1.46. The summed E-state index contributed by atoms with van der Waals surface area (Å²) in [5, 5.41) is 4.03. The summed E-state index contributed by atoms with van der Waals surface area (Å²) in [5.41, 5.74) is 7.53. The summed E-state index contributed by atoms with van der Waals surface area (Å²) in [7, 11) is 0. The van der Waals surface area contributed by atoms with Gasteiger partial charge in [0.15, 0.2) is 0 Å². The van der Waals surface area contributed by atoms with Crippen molar-refractivity contribution in [3.8, 4) is 0 Å². The van der Waals surface area contributed by atoms with E-state index in [4.69, 9.17) is 5.73 Å². The summed E-state index contributed by atoms with van der Waals surface area (Å²) >= 11 is 1.67. The van der Waals surface area contributed by atoms with Gasteiger partial charge in [0.05, 0.1) is 21.1 Å². The van der Waals surface area contributed by atoms with Crippen LogP contribution in [-0.4, -0.2) is 16.9 Å². The molecule has 2 atom stereocenters. The summed E-state index contributed by atoms with van der Waals surface area (Å²) < 4.78 is 1.10. The van der Waals surface area contributed by atoms with Crippen LogP contribution in [0.5, 0.6) is 0 Å². The molecule has 20 heavy (non-hydrogen) atoms. The van der Waals surface area contributed by atoms with Crippen LogP contribution in [0.4, 0.5) is 5.69 Å². The summed E-state index contributed by atoms with van der Waals surface area (Å²) in [6.45, 7) is 7.93. The lowest BCUT2D eigenvalue weighted by molar-refractivity contribution is -0.119. The van der Waals surface area contributed by atoms with E-state index in [9.17, 15) is 4.79 Å². The Morgan fingerprint density at radius 2 is 2.00 bits per heavy atom. The number of amides is 1. The van der Waals surface area contributed by atoms with Gasteiger partial charge in [-0.15, -0.1) is 11.3 Å². The van der Waals surface area contributed by atoms with Crippen molar-refractivity contribution in [1.29, 1.82) is 0 Å². The second-order valence-electron chi connectivity index (χ2n) is 5.53. The second-order valence-corrected chi connectivity index (χ2v) is 6.59. The van der Waals surface area contributed by atoms with Crippen molar-refractivity contribution in [1.82, 2.24) is 4.98 Å². The van der Waals surface area contributed by atoms with Crippen LogP contribution < -0.4 is 11.1 Å². The molecule has 2 unspecified atom stereocenters. The zero-order chi connectivity index (χ0) is 14.9. The third-order valence-electron chi connectivity index (χ3n) is 3.37. The molecule has 1 heterocycles. The molecule has 0 saturated carbocycles. The number of hydrogen-bond acceptors (Lipinski definition) is 4. The fraction of sp³-hybridized carbons (Fsp3) is 0.467. The highest BCUT2D eigenvalue weighted by Crippen LogP contribution is 2.29. The zero-order valence-corrected chi connectivity index (χ0v) is 13.1. The van der Waals surface area contributed by atoms with Gasteiger partial charge >= 0.3 is 0 Å². The van der Waals surface area contributed by atoms with E-state index >= 15 is 0 Å². The van der Waals surface area contributed by atoms with Gasteiger partial charge in [-0.05, 0) is 25.1 Å². The van der Waals surface area contributed by atoms with Crippen LogP contribution in [0.2, 0.25) is 0 Å². The Morgan fingerprint density at radius 3 is 2.60 bits per heavy atom. The van der Waals surface area contributed by atoms with E-state index in [-0.39, 0.29) is 17.9 Å². The number of nitrogens with two attached hydrogens (primary N) is 1. The number of benzene rings is 1. The molecule has 0 aliphatic carbocycles. The number of hydrogen-bond donors (Lipinski definition) is 2. The van der Waals surface area contributed by atoms with E-state index in [0.29, 0.717) is 5.92 Å². The zero-order valence-electron chi connectivity index (χ0n) is 12.3. The molecule has 0 aliphatic rings. The fourth-order valence-corrected chi connectivity index (χ4v) is 2.77. The minimum absolute atomic E-state index is 0.0482. The summed E-state index contributed by atoms with van der Waals surface area (Å²) in [6.07, 6.45) is 0. The van der Waals surface area contributed by atoms with Gasteiger partial charge in [-0.1, -0.05) is 20.8 Å². The number of aromatic nitrogens is 1. The first-order valence-corrected chi connectivity index (χ1v) is 7.67. The average Bonchev–Trinajstić information content (AvgIpc) is 2.80. The first-order valence-electron chi connectivity index (χ1n) is 6.85. The van der Waals surface area contributed by atoms with E-state index < -0.39 is 0 Å². The molecule has 2 aromatic rings. The molecule has 5 heteroatoms. The lowest BCUT2D eigenvalue weighted by Crippen LogP contribution is -2.34. The number of anilines is 1. The third kappa shape index (κ3) is 3.16. The van der Waals surface area contributed by atoms with Gasteiger partial charge in [0.25, 0.3) is 0 Å². The van der Waals surface area contributed by atoms with Gasteiger partial charge < -0.3 is 11.1 Å². The molecular weight excluding hydrogens is 270 g/mol. The van der Waals surface area contributed by atoms with Crippen molar-refractivity contribution in [2.75, 3.05) is 5.32 Å². The molecule has 3 N–H and O–H groups in total. The van der Waals surface area contributed by atoms with E-state index in [1.54, 1.807) is 11.3 Å². The normalized spacial score (nSPS) is 14.5. The molecule has 0 radical (unpaired) electrons. The number of nitrogens with one attached hydrogen (secondary N) is 1.